The van der Waals surface area contributed by atoms with Gasteiger partial charge in [0.2, 0.25) is 11.8 Å². The number of hydrogen-bond donors (Lipinski definition) is 1. The maximum atomic E-state index is 12.2. The fraction of sp³-hybridized carbons (Fsp3) is 0.105. The molecule has 0 atom stereocenters. The fourth-order valence-electron chi connectivity index (χ4n) is 2.33. The molecule has 25 heavy (non-hydrogen) atoms. The van der Waals surface area contributed by atoms with E-state index < -0.39 is 0 Å². The molecule has 0 saturated carbocycles. The Morgan fingerprint density at radius 3 is 2.64 bits per heavy atom. The average molecular weight is 352 g/mol. The smallest absolute Gasteiger partial charge is 0.230 e. The summed E-state index contributed by atoms with van der Waals surface area (Å²) in [6.07, 6.45) is 0.0831. The van der Waals surface area contributed by atoms with E-state index in [0.717, 1.165) is 0 Å². The molecule has 0 saturated heterocycles. The fourth-order valence-corrected chi connectivity index (χ4v) is 2.54. The molecule has 0 bridgehead atoms. The largest absolute Gasteiger partial charge is 0.441 e. The maximum Gasteiger partial charge on any atom is 0.230 e. The van der Waals surface area contributed by atoms with E-state index >= 15 is 0 Å². The second kappa shape index (κ2) is 7.20. The van der Waals surface area contributed by atoms with Gasteiger partial charge in [0.1, 0.15) is 5.76 Å². The maximum absolute atomic E-state index is 12.2. The van der Waals surface area contributed by atoms with E-state index in [2.05, 4.69) is 10.3 Å². The Kier molecular flexibility index (Phi) is 4.82. The highest BCUT2D eigenvalue weighted by Crippen LogP contribution is 2.28. The molecule has 0 aliphatic rings. The van der Waals surface area contributed by atoms with Gasteiger partial charge in [0, 0.05) is 5.69 Å². The zero-order chi connectivity index (χ0) is 17.8. The molecule has 1 amide bonds. The van der Waals surface area contributed by atoms with E-state index in [4.69, 9.17) is 21.3 Å². The number of nitriles is 1. The number of carbonyl (C=O) groups excluding carboxylic acids is 1. The summed E-state index contributed by atoms with van der Waals surface area (Å²) >= 11 is 6.16. The van der Waals surface area contributed by atoms with E-state index in [9.17, 15) is 4.79 Å². The van der Waals surface area contributed by atoms with Gasteiger partial charge in [-0.2, -0.15) is 5.26 Å². The summed E-state index contributed by atoms with van der Waals surface area (Å²) in [6, 6.07) is 15.9. The first kappa shape index (κ1) is 16.7. The molecular weight excluding hydrogens is 338 g/mol. The van der Waals surface area contributed by atoms with E-state index in [1.165, 1.54) is 0 Å². The molecule has 0 unspecified atom stereocenters. The normalized spacial score (nSPS) is 10.3. The van der Waals surface area contributed by atoms with Gasteiger partial charge in [-0.25, -0.2) is 4.98 Å². The molecule has 2 aromatic carbocycles. The number of benzene rings is 2. The minimum Gasteiger partial charge on any atom is -0.441 e. The molecule has 1 aromatic heterocycles. The highest BCUT2D eigenvalue weighted by atomic mass is 35.5. The lowest BCUT2D eigenvalue weighted by Gasteiger charge is -2.04. The summed E-state index contributed by atoms with van der Waals surface area (Å²) in [4.78, 5) is 16.6. The Labute approximate surface area is 149 Å². The third kappa shape index (κ3) is 3.87. The van der Waals surface area contributed by atoms with Crippen LogP contribution in [0.3, 0.4) is 0 Å². The Bertz CT molecular complexity index is 956. The lowest BCUT2D eigenvalue weighted by Crippen LogP contribution is -2.15. The molecule has 1 N–H and O–H groups in total. The minimum atomic E-state index is -0.216. The summed E-state index contributed by atoms with van der Waals surface area (Å²) in [7, 11) is 0. The third-order valence-electron chi connectivity index (χ3n) is 3.62. The first-order valence-electron chi connectivity index (χ1n) is 7.58. The van der Waals surface area contributed by atoms with E-state index in [-0.39, 0.29) is 12.3 Å². The number of amides is 1. The standard InChI is InChI=1S/C19H14ClN3O2/c1-12-17(23-19(25-12)15-4-2-3-5-16(15)20)10-18(24)22-14-8-6-13(11-21)7-9-14/h2-9H,10H2,1H3,(H,22,24). The second-order valence-electron chi connectivity index (χ2n) is 5.42. The highest BCUT2D eigenvalue weighted by Gasteiger charge is 2.16. The Hall–Kier alpha value is -3.10. The number of oxazole rings is 1. The van der Waals surface area contributed by atoms with Crippen LogP contribution in [0.15, 0.2) is 52.9 Å². The van der Waals surface area contributed by atoms with Gasteiger partial charge in [-0.15, -0.1) is 0 Å². The van der Waals surface area contributed by atoms with Crippen LogP contribution in [-0.4, -0.2) is 10.9 Å². The molecule has 124 valence electrons. The summed E-state index contributed by atoms with van der Waals surface area (Å²) in [5.74, 6) is 0.751. The Balaban J connectivity index is 1.73. The van der Waals surface area contributed by atoms with Gasteiger partial charge in [-0.1, -0.05) is 23.7 Å². The summed E-state index contributed by atoms with van der Waals surface area (Å²) in [5, 5.41) is 12.1. The van der Waals surface area contributed by atoms with Crippen molar-refractivity contribution in [2.45, 2.75) is 13.3 Å². The molecule has 3 rings (SSSR count). The molecule has 0 spiro atoms. The van der Waals surface area contributed by atoms with Crippen LogP contribution >= 0.6 is 11.6 Å². The molecule has 0 radical (unpaired) electrons. The van der Waals surface area contributed by atoms with Crippen LogP contribution in [-0.2, 0) is 11.2 Å². The van der Waals surface area contributed by atoms with Crippen molar-refractivity contribution in [1.29, 1.82) is 5.26 Å². The van der Waals surface area contributed by atoms with Crippen molar-refractivity contribution in [1.82, 2.24) is 4.98 Å². The first-order valence-corrected chi connectivity index (χ1v) is 7.96. The van der Waals surface area contributed by atoms with Gasteiger partial charge in [-0.05, 0) is 43.3 Å². The van der Waals surface area contributed by atoms with Crippen molar-refractivity contribution in [2.24, 2.45) is 0 Å². The molecule has 0 aliphatic carbocycles. The van der Waals surface area contributed by atoms with Crippen LogP contribution in [0.1, 0.15) is 17.0 Å². The van der Waals surface area contributed by atoms with Crippen LogP contribution in [0.4, 0.5) is 5.69 Å². The number of nitrogens with one attached hydrogen (secondary N) is 1. The monoisotopic (exact) mass is 351 g/mol. The Morgan fingerprint density at radius 1 is 1.24 bits per heavy atom. The number of nitrogens with zero attached hydrogens (tertiary/aromatic N) is 2. The second-order valence-corrected chi connectivity index (χ2v) is 5.82. The molecule has 0 fully saturated rings. The Morgan fingerprint density at radius 2 is 1.96 bits per heavy atom. The zero-order valence-electron chi connectivity index (χ0n) is 13.4. The van der Waals surface area contributed by atoms with Gasteiger partial charge >= 0.3 is 0 Å². The van der Waals surface area contributed by atoms with Gasteiger partial charge in [0.05, 0.1) is 34.3 Å². The van der Waals surface area contributed by atoms with Gasteiger partial charge in [0.15, 0.2) is 0 Å². The summed E-state index contributed by atoms with van der Waals surface area (Å²) in [6.45, 7) is 1.76. The van der Waals surface area contributed by atoms with E-state index in [0.29, 0.717) is 39.2 Å². The average Bonchev–Trinajstić information content (AvgIpc) is 2.96. The van der Waals surface area contributed by atoms with Crippen molar-refractivity contribution < 1.29 is 9.21 Å². The van der Waals surface area contributed by atoms with E-state index in [1.54, 1.807) is 37.3 Å². The predicted molar refractivity (Wildman–Crippen MR) is 95.2 cm³/mol. The summed E-state index contributed by atoms with van der Waals surface area (Å²) < 4.78 is 5.65. The molecular formula is C19H14ClN3O2. The van der Waals surface area contributed by atoms with Crippen molar-refractivity contribution >= 4 is 23.2 Å². The number of carbonyl (C=O) groups is 1. The number of anilines is 1. The number of hydrogen-bond acceptors (Lipinski definition) is 4. The van der Waals surface area contributed by atoms with Crippen molar-refractivity contribution in [3.63, 3.8) is 0 Å². The predicted octanol–water partition coefficient (Wildman–Crippen LogP) is 4.36. The third-order valence-corrected chi connectivity index (χ3v) is 3.95. The highest BCUT2D eigenvalue weighted by molar-refractivity contribution is 6.33. The molecule has 5 nitrogen and oxygen atoms in total. The molecule has 0 aliphatic heterocycles. The van der Waals surface area contributed by atoms with Crippen molar-refractivity contribution in [3.05, 3.63) is 70.6 Å². The quantitative estimate of drug-likeness (QED) is 0.757. The van der Waals surface area contributed by atoms with Gasteiger partial charge < -0.3 is 9.73 Å². The van der Waals surface area contributed by atoms with Crippen molar-refractivity contribution in [2.75, 3.05) is 5.32 Å². The van der Waals surface area contributed by atoms with Gasteiger partial charge in [-0.3, -0.25) is 4.79 Å². The lowest BCUT2D eigenvalue weighted by molar-refractivity contribution is -0.115. The molecule has 1 heterocycles. The zero-order valence-corrected chi connectivity index (χ0v) is 14.2. The molecule has 6 heteroatoms. The SMILES string of the molecule is Cc1oc(-c2ccccc2Cl)nc1CC(=O)Nc1ccc(C#N)cc1. The topological polar surface area (TPSA) is 78.9 Å². The lowest BCUT2D eigenvalue weighted by atomic mass is 10.2. The summed E-state index contributed by atoms with van der Waals surface area (Å²) in [5.41, 5.74) is 2.40. The van der Waals surface area contributed by atoms with E-state index in [1.807, 2.05) is 24.3 Å². The number of rotatable bonds is 4. The van der Waals surface area contributed by atoms with Gasteiger partial charge in [0.25, 0.3) is 0 Å². The van der Waals surface area contributed by atoms with Crippen LogP contribution in [0.25, 0.3) is 11.5 Å². The number of aromatic nitrogens is 1. The van der Waals surface area contributed by atoms with Crippen molar-refractivity contribution in [3.8, 4) is 17.5 Å². The van der Waals surface area contributed by atoms with Crippen LogP contribution in [0.5, 0.6) is 0 Å². The first-order chi connectivity index (χ1) is 12.1. The molecule has 3 aromatic rings. The van der Waals surface area contributed by atoms with Crippen LogP contribution in [0, 0.1) is 18.3 Å². The number of halogens is 1. The number of aryl methyl sites for hydroxylation is 1. The van der Waals surface area contributed by atoms with Crippen LogP contribution in [0.2, 0.25) is 5.02 Å². The minimum absolute atomic E-state index is 0.0831. The van der Waals surface area contributed by atoms with Crippen LogP contribution < -0.4 is 5.32 Å².